The SMILES string of the molecule is CCCCCCc1ccc(C2CC=C(C#Cc3ccc(CCC)cc3)CC2)cc1.CCCCc1ccc(C#CC2=CCC(c3ccc(CC)cc3)CC2)cc1. The molecule has 4 aromatic rings. The minimum absolute atomic E-state index is 0.656. The van der Waals surface area contributed by atoms with Crippen molar-refractivity contribution in [1.82, 2.24) is 0 Å². The fourth-order valence-corrected chi connectivity index (χ4v) is 7.72. The van der Waals surface area contributed by atoms with Gasteiger partial charge in [-0.3, -0.25) is 0 Å². The van der Waals surface area contributed by atoms with Gasteiger partial charge in [0.05, 0.1) is 0 Å². The maximum absolute atomic E-state index is 3.42. The van der Waals surface area contributed by atoms with Crippen LogP contribution in [0.2, 0.25) is 0 Å². The summed E-state index contributed by atoms with van der Waals surface area (Å²) in [4.78, 5) is 0. The average molecular weight is 727 g/mol. The first-order valence-electron chi connectivity index (χ1n) is 21.8. The number of benzene rings is 4. The highest BCUT2D eigenvalue weighted by Crippen LogP contribution is 2.33. The Labute approximate surface area is 336 Å². The summed E-state index contributed by atoms with van der Waals surface area (Å²) >= 11 is 0. The van der Waals surface area contributed by atoms with Crippen molar-refractivity contribution in [2.45, 2.75) is 149 Å². The van der Waals surface area contributed by atoms with E-state index in [0.29, 0.717) is 11.8 Å². The quantitative estimate of drug-likeness (QED) is 0.0950. The normalized spacial score (nSPS) is 16.3. The van der Waals surface area contributed by atoms with Crippen LogP contribution in [0.5, 0.6) is 0 Å². The second kappa shape index (κ2) is 23.4. The number of rotatable bonds is 13. The molecule has 2 atom stereocenters. The van der Waals surface area contributed by atoms with Gasteiger partial charge in [-0.15, -0.1) is 0 Å². The summed E-state index contributed by atoms with van der Waals surface area (Å²) in [6, 6.07) is 36.1. The molecule has 0 radical (unpaired) electrons. The number of allylic oxidation sites excluding steroid dienone is 4. The van der Waals surface area contributed by atoms with Gasteiger partial charge in [0.15, 0.2) is 0 Å². The summed E-state index contributed by atoms with van der Waals surface area (Å²) in [6.45, 7) is 8.94. The molecule has 0 amide bonds. The summed E-state index contributed by atoms with van der Waals surface area (Å²) in [7, 11) is 0. The molecule has 0 aliphatic heterocycles. The second-order valence-electron chi connectivity index (χ2n) is 15.8. The van der Waals surface area contributed by atoms with Crippen LogP contribution in [0.25, 0.3) is 0 Å². The van der Waals surface area contributed by atoms with Crippen LogP contribution in [-0.2, 0) is 25.7 Å². The topological polar surface area (TPSA) is 0 Å². The van der Waals surface area contributed by atoms with Gasteiger partial charge in [0, 0.05) is 11.1 Å². The summed E-state index contributed by atoms with van der Waals surface area (Å²) in [5.74, 6) is 14.8. The lowest BCUT2D eigenvalue weighted by Crippen LogP contribution is -2.04. The smallest absolute Gasteiger partial charge is 0.0249 e. The Kier molecular flexibility index (Phi) is 17.7. The van der Waals surface area contributed by atoms with Gasteiger partial charge >= 0.3 is 0 Å². The van der Waals surface area contributed by atoms with Crippen molar-refractivity contribution in [1.29, 1.82) is 0 Å². The van der Waals surface area contributed by atoms with E-state index >= 15 is 0 Å². The molecule has 0 nitrogen and oxygen atoms in total. The molecule has 0 fully saturated rings. The molecule has 286 valence electrons. The fraction of sp³-hybridized carbons (Fsp3) is 0.418. The monoisotopic (exact) mass is 727 g/mol. The van der Waals surface area contributed by atoms with E-state index in [0.717, 1.165) is 49.7 Å². The van der Waals surface area contributed by atoms with Crippen molar-refractivity contribution in [3.05, 3.63) is 165 Å². The van der Waals surface area contributed by atoms with Crippen molar-refractivity contribution < 1.29 is 0 Å². The first kappa shape index (κ1) is 41.6. The van der Waals surface area contributed by atoms with E-state index in [2.05, 4.69) is 161 Å². The third-order valence-corrected chi connectivity index (χ3v) is 11.5. The van der Waals surface area contributed by atoms with E-state index < -0.39 is 0 Å². The fourth-order valence-electron chi connectivity index (χ4n) is 7.72. The van der Waals surface area contributed by atoms with Crippen LogP contribution in [0.1, 0.15) is 168 Å². The first-order valence-corrected chi connectivity index (χ1v) is 21.8. The number of hydrogen-bond donors (Lipinski definition) is 0. The first-order chi connectivity index (χ1) is 27.1. The van der Waals surface area contributed by atoms with Crippen LogP contribution in [-0.4, -0.2) is 0 Å². The number of aryl methyl sites for hydroxylation is 4. The Hall–Kier alpha value is -4.52. The predicted octanol–water partition coefficient (Wildman–Crippen LogP) is 14.8. The Bertz CT molecular complexity index is 1890. The van der Waals surface area contributed by atoms with Crippen LogP contribution in [0.15, 0.2) is 120 Å². The zero-order chi connectivity index (χ0) is 38.5. The molecule has 2 unspecified atom stereocenters. The summed E-state index contributed by atoms with van der Waals surface area (Å²) in [5.41, 5.74) is 13.6. The number of unbranched alkanes of at least 4 members (excludes halogenated alkanes) is 4. The van der Waals surface area contributed by atoms with Gasteiger partial charge in [-0.2, -0.15) is 0 Å². The van der Waals surface area contributed by atoms with Gasteiger partial charge in [-0.1, -0.05) is 168 Å². The second-order valence-corrected chi connectivity index (χ2v) is 15.8. The van der Waals surface area contributed by atoms with Crippen molar-refractivity contribution in [2.75, 3.05) is 0 Å². The maximum atomic E-state index is 3.42. The zero-order valence-corrected chi connectivity index (χ0v) is 34.6. The van der Waals surface area contributed by atoms with Gasteiger partial charge in [0.1, 0.15) is 0 Å². The summed E-state index contributed by atoms with van der Waals surface area (Å²) in [5, 5.41) is 0. The van der Waals surface area contributed by atoms with Crippen molar-refractivity contribution in [2.24, 2.45) is 0 Å². The molecule has 6 rings (SSSR count). The Morgan fingerprint density at radius 2 is 0.855 bits per heavy atom. The predicted molar refractivity (Wildman–Crippen MR) is 239 cm³/mol. The van der Waals surface area contributed by atoms with Crippen LogP contribution in [0, 0.1) is 23.7 Å². The van der Waals surface area contributed by atoms with Crippen LogP contribution < -0.4 is 0 Å². The molecule has 55 heavy (non-hydrogen) atoms. The highest BCUT2D eigenvalue weighted by atomic mass is 14.2. The third kappa shape index (κ3) is 14.2. The lowest BCUT2D eigenvalue weighted by Gasteiger charge is -2.20. The maximum Gasteiger partial charge on any atom is 0.0249 e. The van der Waals surface area contributed by atoms with E-state index in [1.165, 1.54) is 115 Å². The van der Waals surface area contributed by atoms with Crippen LogP contribution >= 0.6 is 0 Å². The molecule has 0 N–H and O–H groups in total. The molecule has 0 aromatic heterocycles. The van der Waals surface area contributed by atoms with Gasteiger partial charge in [-0.25, -0.2) is 0 Å². The summed E-state index contributed by atoms with van der Waals surface area (Å²) < 4.78 is 0. The molecule has 0 saturated heterocycles. The van der Waals surface area contributed by atoms with Crippen LogP contribution in [0.4, 0.5) is 0 Å². The van der Waals surface area contributed by atoms with Gasteiger partial charge in [-0.05, 0) is 158 Å². The minimum Gasteiger partial charge on any atom is -0.0723 e. The third-order valence-electron chi connectivity index (χ3n) is 11.5. The van der Waals surface area contributed by atoms with E-state index in [4.69, 9.17) is 0 Å². The zero-order valence-electron chi connectivity index (χ0n) is 34.6. The molecule has 0 heterocycles. The Morgan fingerprint density at radius 3 is 1.27 bits per heavy atom. The Balaban J connectivity index is 0.000000212. The summed E-state index contributed by atoms with van der Waals surface area (Å²) in [6.07, 6.45) is 25.3. The molecule has 2 aliphatic carbocycles. The molecule has 0 saturated carbocycles. The van der Waals surface area contributed by atoms with Gasteiger partial charge < -0.3 is 0 Å². The van der Waals surface area contributed by atoms with E-state index in [1.807, 2.05) is 0 Å². The van der Waals surface area contributed by atoms with Crippen molar-refractivity contribution in [3.63, 3.8) is 0 Å². The average Bonchev–Trinajstić information content (AvgIpc) is 3.25. The van der Waals surface area contributed by atoms with Crippen molar-refractivity contribution >= 4 is 0 Å². The van der Waals surface area contributed by atoms with Crippen molar-refractivity contribution in [3.8, 4) is 23.7 Å². The molecule has 2 aliphatic rings. The molecule has 0 heteroatoms. The van der Waals surface area contributed by atoms with E-state index in [9.17, 15) is 0 Å². The molecule has 0 bridgehead atoms. The van der Waals surface area contributed by atoms with Gasteiger partial charge in [0.25, 0.3) is 0 Å². The highest BCUT2D eigenvalue weighted by molar-refractivity contribution is 5.44. The molecule has 4 aromatic carbocycles. The standard InChI is InChI=1S/C29H36.C26H30/c1-3-5-6-7-9-25-16-20-28(21-17-25)29-22-18-27(19-23-29)15-14-26-12-10-24(8-4-2)11-13-26;1-3-5-6-22-7-9-23(10-8-22)11-12-24-15-19-26(20-16-24)25-17-13-21(4-2)14-18-25/h10-13,16-18,20-21,29H,3-9,19,22-23H2,1-2H3;7-10,13-15,17-18,26H,3-6,16,19-20H2,1-2H3. The Morgan fingerprint density at radius 1 is 0.418 bits per heavy atom. The molecular formula is C55H66. The highest BCUT2D eigenvalue weighted by Gasteiger charge is 2.16. The van der Waals surface area contributed by atoms with E-state index in [-0.39, 0.29) is 0 Å². The largest absolute Gasteiger partial charge is 0.0723 e. The van der Waals surface area contributed by atoms with Gasteiger partial charge in [0.2, 0.25) is 0 Å². The molecular weight excluding hydrogens is 661 g/mol. The lowest BCUT2D eigenvalue weighted by molar-refractivity contribution is 0.607. The lowest BCUT2D eigenvalue weighted by atomic mass is 9.84. The number of hydrogen-bond acceptors (Lipinski definition) is 0. The van der Waals surface area contributed by atoms with Crippen LogP contribution in [0.3, 0.4) is 0 Å². The minimum atomic E-state index is 0.656. The molecule has 0 spiro atoms. The van der Waals surface area contributed by atoms with E-state index in [1.54, 1.807) is 0 Å².